The van der Waals surface area contributed by atoms with E-state index in [1.807, 2.05) is 0 Å². The van der Waals surface area contributed by atoms with Crippen molar-refractivity contribution in [2.45, 2.75) is 51.4 Å². The molecule has 2 N–H and O–H groups in total. The third-order valence-corrected chi connectivity index (χ3v) is 4.93. The number of aliphatic hydroxyl groups excluding tert-OH is 1. The molecule has 4 heteroatoms. The van der Waals surface area contributed by atoms with Crippen molar-refractivity contribution >= 4 is 5.91 Å². The van der Waals surface area contributed by atoms with E-state index in [4.69, 9.17) is 5.11 Å². The van der Waals surface area contributed by atoms with Crippen LogP contribution >= 0.6 is 0 Å². The molecule has 1 saturated carbocycles. The summed E-state index contributed by atoms with van der Waals surface area (Å²) in [5.74, 6) is 1.45. The van der Waals surface area contributed by atoms with Gasteiger partial charge in [-0.3, -0.25) is 9.69 Å². The predicted molar refractivity (Wildman–Crippen MR) is 80.5 cm³/mol. The van der Waals surface area contributed by atoms with Gasteiger partial charge < -0.3 is 10.4 Å². The molecular formula is C16H30N2O2. The number of rotatable bonds is 6. The average Bonchev–Trinajstić information content (AvgIpc) is 2.49. The van der Waals surface area contributed by atoms with Crippen molar-refractivity contribution in [3.63, 3.8) is 0 Å². The molecule has 2 aliphatic rings. The lowest BCUT2D eigenvalue weighted by Crippen LogP contribution is -2.42. The second kappa shape index (κ2) is 8.63. The van der Waals surface area contributed by atoms with E-state index in [-0.39, 0.29) is 5.91 Å². The Morgan fingerprint density at radius 2 is 1.75 bits per heavy atom. The molecule has 1 aliphatic carbocycles. The fourth-order valence-corrected chi connectivity index (χ4v) is 3.48. The molecule has 0 bridgehead atoms. The molecule has 0 aromatic rings. The van der Waals surface area contributed by atoms with E-state index in [9.17, 15) is 4.79 Å². The van der Waals surface area contributed by atoms with Crippen LogP contribution in [-0.2, 0) is 4.79 Å². The molecular weight excluding hydrogens is 252 g/mol. The summed E-state index contributed by atoms with van der Waals surface area (Å²) in [6, 6.07) is 0. The fourth-order valence-electron chi connectivity index (χ4n) is 3.48. The van der Waals surface area contributed by atoms with E-state index in [2.05, 4.69) is 10.2 Å². The van der Waals surface area contributed by atoms with Gasteiger partial charge in [0.25, 0.3) is 0 Å². The molecule has 0 spiro atoms. The first-order valence-electron chi connectivity index (χ1n) is 8.38. The average molecular weight is 282 g/mol. The monoisotopic (exact) mass is 282 g/mol. The van der Waals surface area contributed by atoms with Crippen molar-refractivity contribution in [2.75, 3.05) is 32.8 Å². The van der Waals surface area contributed by atoms with E-state index < -0.39 is 0 Å². The highest BCUT2D eigenvalue weighted by atomic mass is 16.3. The maximum absolute atomic E-state index is 11.9. The molecule has 1 amide bonds. The molecule has 2 fully saturated rings. The summed E-state index contributed by atoms with van der Waals surface area (Å²) in [5, 5.41) is 12.2. The second-order valence-corrected chi connectivity index (χ2v) is 6.54. The van der Waals surface area contributed by atoms with Gasteiger partial charge in [0, 0.05) is 13.2 Å². The Morgan fingerprint density at radius 3 is 2.40 bits per heavy atom. The number of amides is 1. The van der Waals surface area contributed by atoms with Gasteiger partial charge >= 0.3 is 0 Å². The molecule has 0 aromatic heterocycles. The zero-order valence-electron chi connectivity index (χ0n) is 12.6. The third-order valence-electron chi connectivity index (χ3n) is 4.93. The Labute approximate surface area is 122 Å². The highest BCUT2D eigenvalue weighted by Crippen LogP contribution is 2.25. The van der Waals surface area contributed by atoms with Crippen LogP contribution in [-0.4, -0.2) is 48.7 Å². The first-order chi connectivity index (χ1) is 9.78. The van der Waals surface area contributed by atoms with Gasteiger partial charge in [-0.2, -0.15) is 0 Å². The van der Waals surface area contributed by atoms with E-state index in [1.54, 1.807) is 0 Å². The third kappa shape index (κ3) is 5.41. The van der Waals surface area contributed by atoms with Crippen LogP contribution < -0.4 is 5.32 Å². The molecule has 0 atom stereocenters. The van der Waals surface area contributed by atoms with Crippen LogP contribution in [0.25, 0.3) is 0 Å². The minimum absolute atomic E-state index is 0.170. The first kappa shape index (κ1) is 15.8. The number of hydrogen-bond donors (Lipinski definition) is 2. The summed E-state index contributed by atoms with van der Waals surface area (Å²) in [6.45, 7) is 3.56. The normalized spacial score (nSPS) is 22.9. The summed E-state index contributed by atoms with van der Waals surface area (Å²) in [6.07, 6.45) is 10.0. The van der Waals surface area contributed by atoms with E-state index >= 15 is 0 Å². The molecule has 1 aliphatic heterocycles. The highest BCUT2D eigenvalue weighted by molar-refractivity contribution is 5.77. The number of nitrogens with zero attached hydrogens (tertiary/aromatic N) is 1. The van der Waals surface area contributed by atoms with Crippen LogP contribution in [0.15, 0.2) is 0 Å². The van der Waals surface area contributed by atoms with Gasteiger partial charge in [0.2, 0.25) is 5.91 Å². The Bertz CT molecular complexity index is 282. The highest BCUT2D eigenvalue weighted by Gasteiger charge is 2.20. The number of carbonyl (C=O) groups is 1. The van der Waals surface area contributed by atoms with Crippen molar-refractivity contribution in [1.29, 1.82) is 0 Å². The number of piperidine rings is 1. The minimum atomic E-state index is 0.170. The molecule has 20 heavy (non-hydrogen) atoms. The van der Waals surface area contributed by atoms with E-state index in [1.165, 1.54) is 32.1 Å². The first-order valence-corrected chi connectivity index (χ1v) is 8.38. The number of likely N-dealkylation sites (tertiary alicyclic amines) is 1. The number of nitrogens with one attached hydrogen (secondary N) is 1. The lowest BCUT2D eigenvalue weighted by atomic mass is 9.87. The van der Waals surface area contributed by atoms with Crippen molar-refractivity contribution in [3.8, 4) is 0 Å². The van der Waals surface area contributed by atoms with Gasteiger partial charge in [-0.15, -0.1) is 0 Å². The smallest absolute Gasteiger partial charge is 0.234 e. The summed E-state index contributed by atoms with van der Waals surface area (Å²) in [4.78, 5) is 14.1. The Balaban J connectivity index is 1.54. The standard InChI is InChI=1S/C16H30N2O2/c19-13-15-7-10-18(11-8-15)12-16(20)17-9-6-14-4-2-1-3-5-14/h14-15,19H,1-13H2,(H,17,20). The SMILES string of the molecule is O=C(CN1CCC(CO)CC1)NCCC1CCCCC1. The molecule has 1 saturated heterocycles. The fraction of sp³-hybridized carbons (Fsp3) is 0.938. The zero-order chi connectivity index (χ0) is 14.2. The molecule has 2 rings (SSSR count). The largest absolute Gasteiger partial charge is 0.396 e. The van der Waals surface area contributed by atoms with Gasteiger partial charge in [-0.05, 0) is 44.2 Å². The number of carbonyl (C=O) groups excluding carboxylic acids is 1. The van der Waals surface area contributed by atoms with Gasteiger partial charge in [0.1, 0.15) is 0 Å². The molecule has 4 nitrogen and oxygen atoms in total. The van der Waals surface area contributed by atoms with Gasteiger partial charge in [-0.25, -0.2) is 0 Å². The predicted octanol–water partition coefficient (Wildman–Crippen LogP) is 1.78. The van der Waals surface area contributed by atoms with Crippen LogP contribution in [0, 0.1) is 11.8 Å². The molecule has 1 heterocycles. The van der Waals surface area contributed by atoms with Crippen LogP contribution in [0.1, 0.15) is 51.4 Å². The lowest BCUT2D eigenvalue weighted by Gasteiger charge is -2.30. The maximum Gasteiger partial charge on any atom is 0.234 e. The zero-order valence-corrected chi connectivity index (χ0v) is 12.6. The Hall–Kier alpha value is -0.610. The van der Waals surface area contributed by atoms with Gasteiger partial charge in [-0.1, -0.05) is 32.1 Å². The van der Waals surface area contributed by atoms with E-state index in [0.717, 1.165) is 44.8 Å². The van der Waals surface area contributed by atoms with Crippen molar-refractivity contribution < 1.29 is 9.90 Å². The topological polar surface area (TPSA) is 52.6 Å². The van der Waals surface area contributed by atoms with Crippen molar-refractivity contribution in [1.82, 2.24) is 10.2 Å². The van der Waals surface area contributed by atoms with Crippen LogP contribution in [0.2, 0.25) is 0 Å². The van der Waals surface area contributed by atoms with Crippen LogP contribution in [0.5, 0.6) is 0 Å². The van der Waals surface area contributed by atoms with E-state index in [0.29, 0.717) is 19.1 Å². The molecule has 0 unspecified atom stereocenters. The summed E-state index contributed by atoms with van der Waals surface area (Å²) in [7, 11) is 0. The van der Waals surface area contributed by atoms with Crippen LogP contribution in [0.4, 0.5) is 0 Å². The quantitative estimate of drug-likeness (QED) is 0.781. The molecule has 116 valence electrons. The maximum atomic E-state index is 11.9. The van der Waals surface area contributed by atoms with Crippen LogP contribution in [0.3, 0.4) is 0 Å². The Morgan fingerprint density at radius 1 is 1.05 bits per heavy atom. The summed E-state index contributed by atoms with van der Waals surface area (Å²) in [5.41, 5.74) is 0. The van der Waals surface area contributed by atoms with Gasteiger partial charge in [0.15, 0.2) is 0 Å². The van der Waals surface area contributed by atoms with Crippen molar-refractivity contribution in [2.24, 2.45) is 11.8 Å². The summed E-state index contributed by atoms with van der Waals surface area (Å²) < 4.78 is 0. The second-order valence-electron chi connectivity index (χ2n) is 6.54. The number of hydrogen-bond acceptors (Lipinski definition) is 3. The minimum Gasteiger partial charge on any atom is -0.396 e. The van der Waals surface area contributed by atoms with Gasteiger partial charge in [0.05, 0.1) is 6.54 Å². The molecule has 0 aromatic carbocycles. The Kier molecular flexibility index (Phi) is 6.80. The number of aliphatic hydroxyl groups is 1. The van der Waals surface area contributed by atoms with Crippen molar-refractivity contribution in [3.05, 3.63) is 0 Å². The molecule has 0 radical (unpaired) electrons. The summed E-state index contributed by atoms with van der Waals surface area (Å²) >= 11 is 0. The lowest BCUT2D eigenvalue weighted by molar-refractivity contribution is -0.122.